The van der Waals surface area contributed by atoms with E-state index in [9.17, 15) is 14.4 Å². The molecule has 18 heavy (non-hydrogen) atoms. The van der Waals surface area contributed by atoms with Crippen molar-refractivity contribution in [3.63, 3.8) is 0 Å². The first kappa shape index (κ1) is 14.3. The molecule has 7 nitrogen and oxygen atoms in total. The molecule has 1 atom stereocenters. The molecule has 0 bridgehead atoms. The number of carboxylic acid groups (broad SMARTS) is 1. The van der Waals surface area contributed by atoms with Crippen LogP contribution in [0.2, 0.25) is 0 Å². The summed E-state index contributed by atoms with van der Waals surface area (Å²) in [6.45, 7) is 1.03. The van der Waals surface area contributed by atoms with Gasteiger partial charge in [-0.15, -0.1) is 0 Å². The number of amides is 3. The van der Waals surface area contributed by atoms with E-state index in [-0.39, 0.29) is 24.9 Å². The fourth-order valence-corrected chi connectivity index (χ4v) is 1.87. The average Bonchev–Trinajstić information content (AvgIpc) is 2.84. The second kappa shape index (κ2) is 6.23. The fourth-order valence-electron chi connectivity index (χ4n) is 1.87. The molecule has 7 heteroatoms. The van der Waals surface area contributed by atoms with Crippen LogP contribution in [0, 0.1) is 5.92 Å². The van der Waals surface area contributed by atoms with Crippen LogP contribution in [0.3, 0.4) is 0 Å². The van der Waals surface area contributed by atoms with Crippen molar-refractivity contribution in [3.05, 3.63) is 0 Å². The molecule has 0 aromatic rings. The van der Waals surface area contributed by atoms with E-state index in [4.69, 9.17) is 5.11 Å². The molecule has 102 valence electrons. The first-order chi connectivity index (χ1) is 8.45. The van der Waals surface area contributed by atoms with E-state index in [1.165, 1.54) is 9.80 Å². The second-order valence-electron chi connectivity index (χ2n) is 4.40. The minimum atomic E-state index is -0.863. The van der Waals surface area contributed by atoms with Gasteiger partial charge < -0.3 is 20.2 Å². The number of rotatable bonds is 4. The number of nitrogens with zero attached hydrogens (tertiary/aromatic N) is 2. The van der Waals surface area contributed by atoms with E-state index in [2.05, 4.69) is 5.32 Å². The summed E-state index contributed by atoms with van der Waals surface area (Å²) in [6, 6.07) is -0.220. The van der Waals surface area contributed by atoms with E-state index in [0.717, 1.165) is 0 Å². The zero-order chi connectivity index (χ0) is 13.7. The molecule has 0 aromatic heterocycles. The van der Waals surface area contributed by atoms with Crippen molar-refractivity contribution in [2.24, 2.45) is 5.92 Å². The Morgan fingerprint density at radius 1 is 1.44 bits per heavy atom. The molecule has 1 aliphatic rings. The molecular weight excluding hydrogens is 238 g/mol. The highest BCUT2D eigenvalue weighted by molar-refractivity contribution is 5.79. The van der Waals surface area contributed by atoms with E-state index < -0.39 is 11.9 Å². The molecule has 0 aliphatic carbocycles. The molecule has 0 aromatic carbocycles. The number of nitrogens with one attached hydrogen (secondary N) is 1. The van der Waals surface area contributed by atoms with Crippen molar-refractivity contribution in [2.75, 3.05) is 33.7 Å². The Labute approximate surface area is 106 Å². The molecule has 2 N–H and O–H groups in total. The van der Waals surface area contributed by atoms with Crippen LogP contribution in [-0.4, -0.2) is 66.5 Å². The highest BCUT2D eigenvalue weighted by atomic mass is 16.4. The summed E-state index contributed by atoms with van der Waals surface area (Å²) in [5.41, 5.74) is 0. The van der Waals surface area contributed by atoms with E-state index >= 15 is 0 Å². The van der Waals surface area contributed by atoms with Crippen LogP contribution in [0.25, 0.3) is 0 Å². The van der Waals surface area contributed by atoms with Gasteiger partial charge in [0.05, 0.1) is 5.92 Å². The van der Waals surface area contributed by atoms with Gasteiger partial charge in [-0.05, 0) is 6.42 Å². The number of carboxylic acids is 1. The highest BCUT2D eigenvalue weighted by Crippen LogP contribution is 2.17. The predicted molar refractivity (Wildman–Crippen MR) is 64.0 cm³/mol. The minimum Gasteiger partial charge on any atom is -0.481 e. The summed E-state index contributed by atoms with van der Waals surface area (Å²) in [7, 11) is 3.15. The minimum absolute atomic E-state index is 0.125. The standard InChI is InChI=1S/C11H19N3O4/c1-12-9(15)4-5-13(2)11(18)14-6-3-8(7-14)10(16)17/h8H,3-7H2,1-2H3,(H,12,15)(H,16,17). The van der Waals surface area contributed by atoms with Crippen LogP contribution in [0.4, 0.5) is 4.79 Å². The van der Waals surface area contributed by atoms with Gasteiger partial charge in [-0.1, -0.05) is 0 Å². The third-order valence-corrected chi connectivity index (χ3v) is 3.09. The van der Waals surface area contributed by atoms with Crippen molar-refractivity contribution >= 4 is 17.9 Å². The molecule has 0 spiro atoms. The van der Waals surface area contributed by atoms with Crippen molar-refractivity contribution < 1.29 is 19.5 Å². The van der Waals surface area contributed by atoms with Crippen molar-refractivity contribution in [3.8, 4) is 0 Å². The van der Waals surface area contributed by atoms with Crippen LogP contribution < -0.4 is 5.32 Å². The van der Waals surface area contributed by atoms with Crippen LogP contribution in [0.5, 0.6) is 0 Å². The monoisotopic (exact) mass is 257 g/mol. The van der Waals surface area contributed by atoms with Crippen molar-refractivity contribution in [1.82, 2.24) is 15.1 Å². The Morgan fingerprint density at radius 2 is 2.11 bits per heavy atom. The summed E-state index contributed by atoms with van der Waals surface area (Å²) in [4.78, 5) is 36.8. The maximum Gasteiger partial charge on any atom is 0.319 e. The lowest BCUT2D eigenvalue weighted by molar-refractivity contribution is -0.141. The van der Waals surface area contributed by atoms with Gasteiger partial charge in [0.1, 0.15) is 0 Å². The summed E-state index contributed by atoms with van der Waals surface area (Å²) in [6.07, 6.45) is 0.735. The summed E-state index contributed by atoms with van der Waals surface area (Å²) < 4.78 is 0. The fraction of sp³-hybridized carbons (Fsp3) is 0.727. The zero-order valence-electron chi connectivity index (χ0n) is 10.7. The molecule has 0 saturated carbocycles. The van der Waals surface area contributed by atoms with Gasteiger partial charge in [-0.2, -0.15) is 0 Å². The topological polar surface area (TPSA) is 90.0 Å². The number of carbonyl (C=O) groups excluding carboxylic acids is 2. The Balaban J connectivity index is 2.40. The molecule has 0 radical (unpaired) electrons. The molecular formula is C11H19N3O4. The average molecular weight is 257 g/mol. The Morgan fingerprint density at radius 3 is 2.61 bits per heavy atom. The van der Waals surface area contributed by atoms with Crippen molar-refractivity contribution in [2.45, 2.75) is 12.8 Å². The third-order valence-electron chi connectivity index (χ3n) is 3.09. The molecule has 1 fully saturated rings. The SMILES string of the molecule is CNC(=O)CCN(C)C(=O)N1CCC(C(=O)O)C1. The lowest BCUT2D eigenvalue weighted by atomic mass is 10.1. The normalized spacial score (nSPS) is 18.6. The Kier molecular flexibility index (Phi) is 4.94. The third kappa shape index (κ3) is 3.61. The van der Waals surface area contributed by atoms with Crippen LogP contribution in [0.15, 0.2) is 0 Å². The van der Waals surface area contributed by atoms with Gasteiger partial charge >= 0.3 is 12.0 Å². The van der Waals surface area contributed by atoms with Gasteiger partial charge in [0, 0.05) is 40.2 Å². The quantitative estimate of drug-likeness (QED) is 0.716. The van der Waals surface area contributed by atoms with Gasteiger partial charge in [-0.3, -0.25) is 9.59 Å². The number of carbonyl (C=O) groups is 3. The molecule has 1 heterocycles. The summed E-state index contributed by atoms with van der Waals surface area (Å²) in [5, 5.41) is 11.3. The van der Waals surface area contributed by atoms with Gasteiger partial charge in [0.25, 0.3) is 0 Å². The van der Waals surface area contributed by atoms with Gasteiger partial charge in [0.2, 0.25) is 5.91 Å². The van der Waals surface area contributed by atoms with Crippen LogP contribution >= 0.6 is 0 Å². The number of likely N-dealkylation sites (tertiary alicyclic amines) is 1. The van der Waals surface area contributed by atoms with E-state index in [0.29, 0.717) is 19.5 Å². The number of urea groups is 1. The number of aliphatic carboxylic acids is 1. The second-order valence-corrected chi connectivity index (χ2v) is 4.40. The van der Waals surface area contributed by atoms with Crippen LogP contribution in [0.1, 0.15) is 12.8 Å². The summed E-state index contributed by atoms with van der Waals surface area (Å²) in [5.74, 6) is -1.46. The number of hydrogen-bond acceptors (Lipinski definition) is 3. The number of hydrogen-bond donors (Lipinski definition) is 2. The van der Waals surface area contributed by atoms with Crippen molar-refractivity contribution in [1.29, 1.82) is 0 Å². The Hall–Kier alpha value is -1.79. The lowest BCUT2D eigenvalue weighted by Crippen LogP contribution is -2.41. The summed E-state index contributed by atoms with van der Waals surface area (Å²) >= 11 is 0. The van der Waals surface area contributed by atoms with Crippen LogP contribution in [-0.2, 0) is 9.59 Å². The van der Waals surface area contributed by atoms with Gasteiger partial charge in [-0.25, -0.2) is 4.79 Å². The smallest absolute Gasteiger partial charge is 0.319 e. The molecule has 1 aliphatic heterocycles. The first-order valence-electron chi connectivity index (χ1n) is 5.89. The van der Waals surface area contributed by atoms with E-state index in [1.807, 2.05) is 0 Å². The molecule has 1 rings (SSSR count). The maximum atomic E-state index is 11.9. The predicted octanol–water partition coefficient (Wildman–Crippen LogP) is -0.419. The molecule has 1 saturated heterocycles. The highest BCUT2D eigenvalue weighted by Gasteiger charge is 2.32. The first-order valence-corrected chi connectivity index (χ1v) is 5.89. The zero-order valence-corrected chi connectivity index (χ0v) is 10.7. The largest absolute Gasteiger partial charge is 0.481 e. The lowest BCUT2D eigenvalue weighted by Gasteiger charge is -2.24. The van der Waals surface area contributed by atoms with E-state index in [1.54, 1.807) is 14.1 Å². The molecule has 1 unspecified atom stereocenters. The Bertz CT molecular complexity index is 345. The van der Waals surface area contributed by atoms with Gasteiger partial charge in [0.15, 0.2) is 0 Å². The molecule has 3 amide bonds. The maximum absolute atomic E-state index is 11.9.